The van der Waals surface area contributed by atoms with Crippen LogP contribution in [0.15, 0.2) is 42.7 Å². The number of hydrogen-bond acceptors (Lipinski definition) is 3. The Kier molecular flexibility index (Phi) is 4.13. The summed E-state index contributed by atoms with van der Waals surface area (Å²) < 4.78 is 8.15. The molecule has 0 radical (unpaired) electrons. The highest BCUT2D eigenvalue weighted by Crippen LogP contribution is 2.18. The van der Waals surface area contributed by atoms with Crippen LogP contribution in [-0.4, -0.2) is 33.0 Å². The third-order valence-electron chi connectivity index (χ3n) is 3.83. The van der Waals surface area contributed by atoms with Crippen LogP contribution >= 0.6 is 0 Å². The van der Waals surface area contributed by atoms with Gasteiger partial charge in [-0.2, -0.15) is 0 Å². The van der Waals surface area contributed by atoms with Crippen LogP contribution < -0.4 is 4.74 Å². The van der Waals surface area contributed by atoms with Gasteiger partial charge in [-0.1, -0.05) is 19.9 Å². The first kappa shape index (κ1) is 14.6. The molecule has 0 unspecified atom stereocenters. The Balaban J connectivity index is 1.82. The second kappa shape index (κ2) is 6.22. The van der Waals surface area contributed by atoms with Crippen molar-refractivity contribution in [2.75, 3.05) is 6.54 Å². The lowest BCUT2D eigenvalue weighted by atomic mass is 10.1. The minimum Gasteiger partial charge on any atom is -0.471 e. The molecule has 3 rings (SSSR count). The van der Waals surface area contributed by atoms with E-state index < -0.39 is 0 Å². The molecule has 2 aromatic rings. The summed E-state index contributed by atoms with van der Waals surface area (Å²) in [4.78, 5) is 18.5. The molecule has 3 heterocycles. The molecule has 5 nitrogen and oxygen atoms in total. The second-order valence-corrected chi connectivity index (χ2v) is 5.93. The first-order valence-electron chi connectivity index (χ1n) is 7.64. The molecule has 1 aliphatic rings. The normalized spacial score (nSPS) is 18.0. The number of nitrogens with zero attached hydrogens (tertiary/aromatic N) is 3. The highest BCUT2D eigenvalue weighted by Gasteiger charge is 2.27. The number of hydrogen-bond donors (Lipinski definition) is 0. The van der Waals surface area contributed by atoms with Crippen molar-refractivity contribution < 1.29 is 9.53 Å². The molecule has 0 spiro atoms. The summed E-state index contributed by atoms with van der Waals surface area (Å²) in [7, 11) is 0. The van der Waals surface area contributed by atoms with E-state index >= 15 is 0 Å². The van der Waals surface area contributed by atoms with E-state index in [0.29, 0.717) is 19.0 Å². The SMILES string of the molecule is CC(C)C(=O)N1Cc2cccn2C[C@H](Oc2ccccn2)C1. The summed E-state index contributed by atoms with van der Waals surface area (Å²) in [6.45, 7) is 5.80. The molecule has 1 atom stereocenters. The fraction of sp³-hybridized carbons (Fsp3) is 0.412. The minimum absolute atomic E-state index is 0.0167. The van der Waals surface area contributed by atoms with Crippen molar-refractivity contribution in [1.82, 2.24) is 14.5 Å². The van der Waals surface area contributed by atoms with Crippen LogP contribution in [0.4, 0.5) is 0 Å². The summed E-state index contributed by atoms with van der Waals surface area (Å²) in [5.74, 6) is 0.737. The van der Waals surface area contributed by atoms with E-state index in [-0.39, 0.29) is 17.9 Å². The van der Waals surface area contributed by atoms with E-state index in [9.17, 15) is 4.79 Å². The Morgan fingerprint density at radius 1 is 1.27 bits per heavy atom. The van der Waals surface area contributed by atoms with Crippen molar-refractivity contribution in [1.29, 1.82) is 0 Å². The van der Waals surface area contributed by atoms with E-state index in [1.165, 1.54) is 0 Å². The van der Waals surface area contributed by atoms with E-state index in [1.807, 2.05) is 49.2 Å². The highest BCUT2D eigenvalue weighted by atomic mass is 16.5. The second-order valence-electron chi connectivity index (χ2n) is 5.93. The number of rotatable bonds is 3. The molecule has 0 fully saturated rings. The van der Waals surface area contributed by atoms with Crippen molar-refractivity contribution in [2.24, 2.45) is 5.92 Å². The van der Waals surface area contributed by atoms with Gasteiger partial charge in [0, 0.05) is 30.1 Å². The predicted octanol–water partition coefficient (Wildman–Crippen LogP) is 2.33. The maximum absolute atomic E-state index is 12.4. The average Bonchev–Trinajstić information content (AvgIpc) is 2.86. The lowest BCUT2D eigenvalue weighted by Gasteiger charge is -2.26. The van der Waals surface area contributed by atoms with Gasteiger partial charge in [-0.15, -0.1) is 0 Å². The van der Waals surface area contributed by atoms with Crippen LogP contribution in [0.25, 0.3) is 0 Å². The number of carbonyl (C=O) groups is 1. The van der Waals surface area contributed by atoms with Crippen molar-refractivity contribution in [3.8, 4) is 5.88 Å². The summed E-state index contributed by atoms with van der Waals surface area (Å²) in [6, 6.07) is 9.67. The Hall–Kier alpha value is -2.30. The Morgan fingerprint density at radius 3 is 2.86 bits per heavy atom. The van der Waals surface area contributed by atoms with Crippen molar-refractivity contribution in [2.45, 2.75) is 33.0 Å². The van der Waals surface area contributed by atoms with Gasteiger partial charge < -0.3 is 14.2 Å². The summed E-state index contributed by atoms with van der Waals surface area (Å²) >= 11 is 0. The molecular formula is C17H21N3O2. The number of amides is 1. The maximum atomic E-state index is 12.4. The van der Waals surface area contributed by atoms with Gasteiger partial charge in [0.2, 0.25) is 11.8 Å². The van der Waals surface area contributed by atoms with Gasteiger partial charge >= 0.3 is 0 Å². The molecule has 2 aromatic heterocycles. The zero-order valence-electron chi connectivity index (χ0n) is 13.0. The monoisotopic (exact) mass is 299 g/mol. The number of fused-ring (bicyclic) bond motifs is 1. The van der Waals surface area contributed by atoms with E-state index in [0.717, 1.165) is 12.2 Å². The van der Waals surface area contributed by atoms with E-state index in [1.54, 1.807) is 6.20 Å². The van der Waals surface area contributed by atoms with Crippen molar-refractivity contribution in [3.05, 3.63) is 48.4 Å². The molecule has 116 valence electrons. The number of pyridine rings is 1. The average molecular weight is 299 g/mol. The fourth-order valence-electron chi connectivity index (χ4n) is 2.75. The van der Waals surface area contributed by atoms with E-state index in [2.05, 4.69) is 15.6 Å². The van der Waals surface area contributed by atoms with E-state index in [4.69, 9.17) is 4.74 Å². The van der Waals surface area contributed by atoms with Gasteiger partial charge in [-0.05, 0) is 18.2 Å². The standard InChI is InChI=1S/C17H21N3O2/c1-13(2)17(21)20-10-14-6-5-9-19(14)11-15(12-20)22-16-7-3-4-8-18-16/h3-9,13,15H,10-12H2,1-2H3/t15-/m0/s1. The molecule has 5 heteroatoms. The van der Waals surface area contributed by atoms with Crippen LogP contribution in [0.2, 0.25) is 0 Å². The summed E-state index contributed by atoms with van der Waals surface area (Å²) in [6.07, 6.45) is 3.64. The van der Waals surface area contributed by atoms with Crippen LogP contribution in [0.3, 0.4) is 0 Å². The number of aromatic nitrogens is 2. The molecule has 1 amide bonds. The molecular weight excluding hydrogens is 278 g/mol. The number of ether oxygens (including phenoxy) is 1. The number of carbonyl (C=O) groups excluding carboxylic acids is 1. The summed E-state index contributed by atoms with van der Waals surface area (Å²) in [5, 5.41) is 0. The van der Waals surface area contributed by atoms with Crippen LogP contribution in [0.1, 0.15) is 19.5 Å². The topological polar surface area (TPSA) is 47.4 Å². The third-order valence-corrected chi connectivity index (χ3v) is 3.83. The predicted molar refractivity (Wildman–Crippen MR) is 83.3 cm³/mol. The summed E-state index contributed by atoms with van der Waals surface area (Å²) in [5.41, 5.74) is 1.14. The Morgan fingerprint density at radius 2 is 2.14 bits per heavy atom. The quantitative estimate of drug-likeness (QED) is 0.874. The van der Waals surface area contributed by atoms with Gasteiger partial charge in [-0.25, -0.2) is 4.98 Å². The van der Waals surface area contributed by atoms with Crippen LogP contribution in [-0.2, 0) is 17.9 Å². The molecule has 0 saturated heterocycles. The fourth-order valence-corrected chi connectivity index (χ4v) is 2.75. The van der Waals surface area contributed by atoms with Gasteiger partial charge in [0.1, 0.15) is 6.10 Å². The first-order chi connectivity index (χ1) is 10.6. The molecule has 22 heavy (non-hydrogen) atoms. The lowest BCUT2D eigenvalue weighted by Crippen LogP contribution is -2.40. The van der Waals surface area contributed by atoms with Gasteiger partial charge in [0.25, 0.3) is 0 Å². The van der Waals surface area contributed by atoms with Gasteiger partial charge in [-0.3, -0.25) is 4.79 Å². The Bertz CT molecular complexity index is 636. The van der Waals surface area contributed by atoms with Crippen molar-refractivity contribution >= 4 is 5.91 Å². The molecule has 1 aliphatic heterocycles. The highest BCUT2D eigenvalue weighted by molar-refractivity contribution is 5.78. The maximum Gasteiger partial charge on any atom is 0.225 e. The minimum atomic E-state index is -0.105. The van der Waals surface area contributed by atoms with Crippen LogP contribution in [0.5, 0.6) is 5.88 Å². The molecule has 0 N–H and O–H groups in total. The first-order valence-corrected chi connectivity index (χ1v) is 7.64. The lowest BCUT2D eigenvalue weighted by molar-refractivity contribution is -0.136. The smallest absolute Gasteiger partial charge is 0.225 e. The Labute approximate surface area is 130 Å². The van der Waals surface area contributed by atoms with Gasteiger partial charge in [0.15, 0.2) is 0 Å². The third kappa shape index (κ3) is 3.13. The van der Waals surface area contributed by atoms with Crippen molar-refractivity contribution in [3.63, 3.8) is 0 Å². The molecule has 0 aromatic carbocycles. The largest absolute Gasteiger partial charge is 0.471 e. The van der Waals surface area contributed by atoms with Crippen LogP contribution in [0, 0.1) is 5.92 Å². The molecule has 0 saturated carbocycles. The van der Waals surface area contributed by atoms with Gasteiger partial charge in [0.05, 0.1) is 19.6 Å². The zero-order chi connectivity index (χ0) is 15.5. The zero-order valence-corrected chi connectivity index (χ0v) is 13.0. The molecule has 0 bridgehead atoms. The molecule has 0 aliphatic carbocycles.